The van der Waals surface area contributed by atoms with Crippen LogP contribution in [-0.4, -0.2) is 9.78 Å². The monoisotopic (exact) mass is 239 g/mol. The van der Waals surface area contributed by atoms with E-state index in [0.29, 0.717) is 12.2 Å². The molecule has 0 aliphatic carbocycles. The Hall–Kier alpha value is -2.41. The van der Waals surface area contributed by atoms with Gasteiger partial charge in [-0.25, -0.2) is 4.68 Å². The van der Waals surface area contributed by atoms with Crippen molar-refractivity contribution in [2.45, 2.75) is 19.9 Å². The van der Waals surface area contributed by atoms with Crippen LogP contribution in [-0.2, 0) is 6.54 Å². The fraction of sp³-hybridized carbons (Fsp3) is 0.214. The minimum absolute atomic E-state index is 0.136. The minimum atomic E-state index is -0.320. The molecule has 0 N–H and O–H groups in total. The average Bonchev–Trinajstić information content (AvgIpc) is 2.42. The van der Waals surface area contributed by atoms with Gasteiger partial charge in [-0.3, -0.25) is 4.79 Å². The molecule has 90 valence electrons. The molecule has 2 rings (SSSR count). The van der Waals surface area contributed by atoms with Crippen molar-refractivity contribution >= 4 is 0 Å². The number of hydrogen-bond acceptors (Lipinski definition) is 3. The molecular formula is C14H13N3O. The summed E-state index contributed by atoms with van der Waals surface area (Å²) in [5.41, 5.74) is 1.37. The fourth-order valence-corrected chi connectivity index (χ4v) is 1.74. The zero-order valence-corrected chi connectivity index (χ0v) is 10.1. The standard InChI is InChI=1S/C14H13N3O/c1-2-8-17-14(18)12(10-15)9-13(16-17)11-6-4-3-5-7-11/h3-7,9H,2,8H2,1H3. The van der Waals surface area contributed by atoms with Crippen LogP contribution in [0, 0.1) is 11.3 Å². The first kappa shape index (κ1) is 12.1. The molecule has 0 amide bonds. The van der Waals surface area contributed by atoms with E-state index < -0.39 is 0 Å². The fourth-order valence-electron chi connectivity index (χ4n) is 1.74. The number of rotatable bonds is 3. The molecule has 1 aromatic carbocycles. The third-order valence-electron chi connectivity index (χ3n) is 2.60. The summed E-state index contributed by atoms with van der Waals surface area (Å²) in [6.45, 7) is 2.49. The zero-order chi connectivity index (χ0) is 13.0. The van der Waals surface area contributed by atoms with Crippen molar-refractivity contribution in [2.75, 3.05) is 0 Å². The van der Waals surface area contributed by atoms with Crippen LogP contribution in [0.15, 0.2) is 41.2 Å². The third kappa shape index (κ3) is 2.30. The summed E-state index contributed by atoms with van der Waals surface area (Å²) in [5.74, 6) is 0. The molecule has 0 fully saturated rings. The summed E-state index contributed by atoms with van der Waals surface area (Å²) in [7, 11) is 0. The molecule has 4 nitrogen and oxygen atoms in total. The first-order chi connectivity index (χ1) is 8.76. The lowest BCUT2D eigenvalue weighted by molar-refractivity contribution is 0.569. The van der Waals surface area contributed by atoms with Crippen LogP contribution in [0.25, 0.3) is 11.3 Å². The number of aromatic nitrogens is 2. The quantitative estimate of drug-likeness (QED) is 0.824. The Morgan fingerprint density at radius 3 is 2.67 bits per heavy atom. The number of nitriles is 1. The van der Waals surface area contributed by atoms with E-state index in [9.17, 15) is 4.79 Å². The van der Waals surface area contributed by atoms with Gasteiger partial charge in [-0.05, 0) is 12.5 Å². The van der Waals surface area contributed by atoms with Crippen molar-refractivity contribution in [3.05, 3.63) is 52.3 Å². The molecule has 1 heterocycles. The van der Waals surface area contributed by atoms with Crippen LogP contribution in [0.2, 0.25) is 0 Å². The normalized spacial score (nSPS) is 10.0. The van der Waals surface area contributed by atoms with Crippen LogP contribution < -0.4 is 5.56 Å². The number of hydrogen-bond donors (Lipinski definition) is 0. The van der Waals surface area contributed by atoms with Crippen LogP contribution in [0.4, 0.5) is 0 Å². The maximum atomic E-state index is 11.9. The number of benzene rings is 1. The second kappa shape index (κ2) is 5.28. The van der Waals surface area contributed by atoms with E-state index >= 15 is 0 Å². The molecule has 4 heteroatoms. The highest BCUT2D eigenvalue weighted by Crippen LogP contribution is 2.15. The molecule has 0 aliphatic rings. The lowest BCUT2D eigenvalue weighted by atomic mass is 10.1. The molecule has 2 aromatic rings. The molecule has 0 radical (unpaired) electrons. The smallest absolute Gasteiger partial charge is 0.266 e. The van der Waals surface area contributed by atoms with Crippen LogP contribution in [0.5, 0.6) is 0 Å². The molecule has 1 aromatic heterocycles. The second-order valence-electron chi connectivity index (χ2n) is 3.95. The molecular weight excluding hydrogens is 226 g/mol. The molecule has 0 atom stereocenters. The Kier molecular flexibility index (Phi) is 3.54. The van der Waals surface area contributed by atoms with Crippen molar-refractivity contribution < 1.29 is 0 Å². The Labute approximate surface area is 105 Å². The molecule has 0 unspecified atom stereocenters. The molecule has 0 bridgehead atoms. The van der Waals surface area contributed by atoms with E-state index in [1.807, 2.05) is 43.3 Å². The van der Waals surface area contributed by atoms with E-state index in [1.54, 1.807) is 6.07 Å². The largest absolute Gasteiger partial charge is 0.284 e. The van der Waals surface area contributed by atoms with Gasteiger partial charge in [-0.15, -0.1) is 0 Å². The van der Waals surface area contributed by atoms with Gasteiger partial charge in [0.15, 0.2) is 0 Å². The van der Waals surface area contributed by atoms with Crippen molar-refractivity contribution in [2.24, 2.45) is 0 Å². The second-order valence-corrected chi connectivity index (χ2v) is 3.95. The van der Waals surface area contributed by atoms with Gasteiger partial charge < -0.3 is 0 Å². The SMILES string of the molecule is CCCn1nc(-c2ccccc2)cc(C#N)c1=O. The van der Waals surface area contributed by atoms with Crippen molar-refractivity contribution in [3.8, 4) is 17.3 Å². The lowest BCUT2D eigenvalue weighted by Crippen LogP contribution is -2.25. The number of nitrogens with zero attached hydrogens (tertiary/aromatic N) is 3. The summed E-state index contributed by atoms with van der Waals surface area (Å²) < 4.78 is 1.36. The highest BCUT2D eigenvalue weighted by Gasteiger charge is 2.08. The van der Waals surface area contributed by atoms with Gasteiger partial charge in [-0.2, -0.15) is 10.4 Å². The Morgan fingerprint density at radius 2 is 2.06 bits per heavy atom. The summed E-state index contributed by atoms with van der Waals surface area (Å²) in [6, 6.07) is 13.0. The Morgan fingerprint density at radius 1 is 1.33 bits per heavy atom. The van der Waals surface area contributed by atoms with Gasteiger partial charge in [0.1, 0.15) is 11.6 Å². The highest BCUT2D eigenvalue weighted by molar-refractivity contribution is 5.59. The third-order valence-corrected chi connectivity index (χ3v) is 2.60. The minimum Gasteiger partial charge on any atom is -0.266 e. The molecule has 0 saturated carbocycles. The van der Waals surface area contributed by atoms with E-state index in [1.165, 1.54) is 4.68 Å². The molecule has 0 spiro atoms. The van der Waals surface area contributed by atoms with Crippen molar-refractivity contribution in [1.29, 1.82) is 5.26 Å². The summed E-state index contributed by atoms with van der Waals surface area (Å²) >= 11 is 0. The van der Waals surface area contributed by atoms with E-state index in [4.69, 9.17) is 5.26 Å². The zero-order valence-electron chi connectivity index (χ0n) is 10.1. The Balaban J connectivity index is 2.60. The summed E-state index contributed by atoms with van der Waals surface area (Å²) in [6.07, 6.45) is 0.802. The first-order valence-corrected chi connectivity index (χ1v) is 5.84. The topological polar surface area (TPSA) is 58.7 Å². The predicted molar refractivity (Wildman–Crippen MR) is 68.9 cm³/mol. The van der Waals surface area contributed by atoms with Gasteiger partial charge in [0, 0.05) is 12.1 Å². The first-order valence-electron chi connectivity index (χ1n) is 5.84. The van der Waals surface area contributed by atoms with E-state index in [0.717, 1.165) is 12.0 Å². The predicted octanol–water partition coefficient (Wildman–Crippen LogP) is 2.19. The van der Waals surface area contributed by atoms with Crippen molar-refractivity contribution in [3.63, 3.8) is 0 Å². The summed E-state index contributed by atoms with van der Waals surface area (Å²) in [4.78, 5) is 11.9. The van der Waals surface area contributed by atoms with Crippen molar-refractivity contribution in [1.82, 2.24) is 9.78 Å². The van der Waals surface area contributed by atoms with E-state index in [-0.39, 0.29) is 11.1 Å². The maximum Gasteiger partial charge on any atom is 0.284 e. The molecule has 0 saturated heterocycles. The lowest BCUT2D eigenvalue weighted by Gasteiger charge is -2.06. The summed E-state index contributed by atoms with van der Waals surface area (Å²) in [5, 5.41) is 13.3. The van der Waals surface area contributed by atoms with Gasteiger partial charge in [0.05, 0.1) is 5.69 Å². The van der Waals surface area contributed by atoms with E-state index in [2.05, 4.69) is 5.10 Å². The maximum absolute atomic E-state index is 11.9. The van der Waals surface area contributed by atoms with Crippen LogP contribution in [0.1, 0.15) is 18.9 Å². The molecule has 18 heavy (non-hydrogen) atoms. The highest BCUT2D eigenvalue weighted by atomic mass is 16.1. The number of aryl methyl sites for hydroxylation is 1. The van der Waals surface area contributed by atoms with Gasteiger partial charge in [0.2, 0.25) is 0 Å². The van der Waals surface area contributed by atoms with Gasteiger partial charge >= 0.3 is 0 Å². The average molecular weight is 239 g/mol. The van der Waals surface area contributed by atoms with Crippen LogP contribution in [0.3, 0.4) is 0 Å². The van der Waals surface area contributed by atoms with Gasteiger partial charge in [0.25, 0.3) is 5.56 Å². The Bertz CT molecular complexity index is 638. The van der Waals surface area contributed by atoms with Crippen LogP contribution >= 0.6 is 0 Å². The van der Waals surface area contributed by atoms with Gasteiger partial charge in [-0.1, -0.05) is 37.3 Å². The molecule has 0 aliphatic heterocycles.